The average Bonchev–Trinajstić information content (AvgIpc) is 3.19. The van der Waals surface area contributed by atoms with Crippen LogP contribution < -0.4 is 20.5 Å². The highest BCUT2D eigenvalue weighted by Gasteiger charge is 2.26. The molecule has 3 N–H and O–H groups in total. The van der Waals surface area contributed by atoms with Crippen LogP contribution >= 0.6 is 0 Å². The van der Waals surface area contributed by atoms with E-state index in [4.69, 9.17) is 15.2 Å². The van der Waals surface area contributed by atoms with Crippen molar-refractivity contribution in [3.8, 4) is 11.6 Å². The Morgan fingerprint density at radius 2 is 2.21 bits per heavy atom. The largest absolute Gasteiger partial charge is 0.486 e. The number of anilines is 2. The molecule has 0 bridgehead atoms. The van der Waals surface area contributed by atoms with Gasteiger partial charge in [0.05, 0.1) is 35.5 Å². The van der Waals surface area contributed by atoms with E-state index in [-0.39, 0.29) is 6.23 Å². The maximum Gasteiger partial charge on any atom is 0.239 e. The highest BCUT2D eigenvalue weighted by Crippen LogP contribution is 2.37. The molecule has 0 amide bonds. The first-order valence-electron chi connectivity index (χ1n) is 7.42. The number of hydrogen-bond acceptors (Lipinski definition) is 7. The molecule has 0 radical (unpaired) electrons. The van der Waals surface area contributed by atoms with Crippen LogP contribution in [-0.2, 0) is 13.7 Å². The molecule has 0 fully saturated rings. The molecule has 3 aromatic heterocycles. The Balaban J connectivity index is 1.44. The lowest BCUT2D eigenvalue weighted by Crippen LogP contribution is -2.09. The Morgan fingerprint density at radius 1 is 1.29 bits per heavy atom. The summed E-state index contributed by atoms with van der Waals surface area (Å²) in [7, 11) is 1.86. The molecule has 1 atom stereocenters. The number of nitrogen functional groups attached to an aromatic ring is 1. The standard InChI is InChI=1S/C16H16N6O2/c1-22-8-10(5-20-22)15-21-14-4-13(7-19-16(14)24-15)23-9-12-3-2-11(17)6-18-12/h2-8,15,21H,9,17H2,1H3. The van der Waals surface area contributed by atoms with Crippen molar-refractivity contribution in [2.45, 2.75) is 12.8 Å². The second-order valence-electron chi connectivity index (χ2n) is 5.48. The first kappa shape index (κ1) is 14.3. The third kappa shape index (κ3) is 2.81. The monoisotopic (exact) mass is 324 g/mol. The van der Waals surface area contributed by atoms with Crippen LogP contribution in [0.4, 0.5) is 11.4 Å². The van der Waals surface area contributed by atoms with E-state index in [1.165, 1.54) is 0 Å². The van der Waals surface area contributed by atoms with Crippen LogP contribution in [-0.4, -0.2) is 19.7 Å². The van der Waals surface area contributed by atoms with Gasteiger partial charge in [-0.15, -0.1) is 0 Å². The number of pyridine rings is 2. The lowest BCUT2D eigenvalue weighted by atomic mass is 10.3. The van der Waals surface area contributed by atoms with Crippen molar-refractivity contribution in [3.63, 3.8) is 0 Å². The number of ether oxygens (including phenoxy) is 2. The Morgan fingerprint density at radius 3 is 2.96 bits per heavy atom. The first-order valence-corrected chi connectivity index (χ1v) is 7.42. The van der Waals surface area contributed by atoms with E-state index in [1.54, 1.807) is 29.3 Å². The maximum atomic E-state index is 5.78. The first-order chi connectivity index (χ1) is 11.7. The van der Waals surface area contributed by atoms with Crippen molar-refractivity contribution < 1.29 is 9.47 Å². The minimum atomic E-state index is -0.296. The number of hydrogen-bond donors (Lipinski definition) is 2. The minimum Gasteiger partial charge on any atom is -0.486 e. The van der Waals surface area contributed by atoms with Gasteiger partial charge in [-0.3, -0.25) is 9.67 Å². The number of fused-ring (bicyclic) bond motifs is 1. The highest BCUT2D eigenvalue weighted by atomic mass is 16.5. The van der Waals surface area contributed by atoms with Gasteiger partial charge in [-0.2, -0.15) is 5.10 Å². The van der Waals surface area contributed by atoms with Crippen LogP contribution in [0.3, 0.4) is 0 Å². The lowest BCUT2D eigenvalue weighted by molar-refractivity contribution is 0.249. The van der Waals surface area contributed by atoms with Crippen molar-refractivity contribution in [2.24, 2.45) is 7.05 Å². The van der Waals surface area contributed by atoms with Crippen LogP contribution in [0.15, 0.2) is 43.0 Å². The molecule has 0 saturated carbocycles. The molecule has 1 aliphatic rings. The Hall–Kier alpha value is -3.29. The number of nitrogens with one attached hydrogen (secondary N) is 1. The average molecular weight is 324 g/mol. The number of aromatic nitrogens is 4. The quantitative estimate of drug-likeness (QED) is 0.755. The van der Waals surface area contributed by atoms with Gasteiger partial charge in [-0.25, -0.2) is 4.98 Å². The smallest absolute Gasteiger partial charge is 0.239 e. The zero-order valence-corrected chi connectivity index (χ0v) is 13.0. The molecular formula is C16H16N6O2. The van der Waals surface area contributed by atoms with Crippen LogP contribution in [0.2, 0.25) is 0 Å². The number of aryl methyl sites for hydroxylation is 1. The third-order valence-corrected chi connectivity index (χ3v) is 3.60. The second-order valence-corrected chi connectivity index (χ2v) is 5.48. The predicted octanol–water partition coefficient (Wildman–Crippen LogP) is 1.87. The Kier molecular flexibility index (Phi) is 3.42. The van der Waals surface area contributed by atoms with Gasteiger partial charge in [0.15, 0.2) is 0 Å². The van der Waals surface area contributed by atoms with E-state index in [2.05, 4.69) is 20.4 Å². The highest BCUT2D eigenvalue weighted by molar-refractivity contribution is 5.59. The molecular weight excluding hydrogens is 308 g/mol. The summed E-state index contributed by atoms with van der Waals surface area (Å²) in [5.41, 5.74) is 8.75. The predicted molar refractivity (Wildman–Crippen MR) is 87.4 cm³/mol. The van der Waals surface area contributed by atoms with Gasteiger partial charge in [-0.1, -0.05) is 0 Å². The van der Waals surface area contributed by atoms with Gasteiger partial charge in [0.2, 0.25) is 12.1 Å². The van der Waals surface area contributed by atoms with Crippen LogP contribution in [0, 0.1) is 0 Å². The fraction of sp³-hybridized carbons (Fsp3) is 0.188. The summed E-state index contributed by atoms with van der Waals surface area (Å²) in [5.74, 6) is 1.18. The van der Waals surface area contributed by atoms with Crippen molar-refractivity contribution >= 4 is 11.4 Å². The van der Waals surface area contributed by atoms with Crippen molar-refractivity contribution in [3.05, 3.63) is 54.2 Å². The normalized spacial score (nSPS) is 15.5. The lowest BCUT2D eigenvalue weighted by Gasteiger charge is -2.07. The molecule has 8 heteroatoms. The molecule has 0 aromatic carbocycles. The summed E-state index contributed by atoms with van der Waals surface area (Å²) in [6.07, 6.45) is 6.59. The van der Waals surface area contributed by atoms with Crippen LogP contribution in [0.5, 0.6) is 11.6 Å². The zero-order chi connectivity index (χ0) is 16.5. The van der Waals surface area contributed by atoms with E-state index in [0.717, 1.165) is 16.9 Å². The Bertz CT molecular complexity index is 861. The van der Waals surface area contributed by atoms with Gasteiger partial charge in [0, 0.05) is 19.3 Å². The van der Waals surface area contributed by atoms with E-state index in [9.17, 15) is 0 Å². The van der Waals surface area contributed by atoms with E-state index in [1.807, 2.05) is 25.4 Å². The van der Waals surface area contributed by atoms with Crippen molar-refractivity contribution in [1.82, 2.24) is 19.7 Å². The summed E-state index contributed by atoms with van der Waals surface area (Å²) in [4.78, 5) is 8.49. The molecule has 122 valence electrons. The molecule has 0 spiro atoms. The maximum absolute atomic E-state index is 5.78. The van der Waals surface area contributed by atoms with E-state index < -0.39 is 0 Å². The minimum absolute atomic E-state index is 0.296. The van der Waals surface area contributed by atoms with Crippen molar-refractivity contribution in [1.29, 1.82) is 0 Å². The molecule has 4 rings (SSSR count). The molecule has 4 heterocycles. The molecule has 24 heavy (non-hydrogen) atoms. The number of rotatable bonds is 4. The second kappa shape index (κ2) is 5.73. The number of nitrogens with zero attached hydrogens (tertiary/aromatic N) is 4. The molecule has 1 unspecified atom stereocenters. The fourth-order valence-electron chi connectivity index (χ4n) is 2.40. The summed E-state index contributed by atoms with van der Waals surface area (Å²) in [6, 6.07) is 5.48. The van der Waals surface area contributed by atoms with Crippen LogP contribution in [0.1, 0.15) is 17.5 Å². The van der Waals surface area contributed by atoms with Crippen LogP contribution in [0.25, 0.3) is 0 Å². The topological polar surface area (TPSA) is 100 Å². The van der Waals surface area contributed by atoms with Gasteiger partial charge < -0.3 is 20.5 Å². The summed E-state index contributed by atoms with van der Waals surface area (Å²) >= 11 is 0. The summed E-state index contributed by atoms with van der Waals surface area (Å²) in [6.45, 7) is 0.341. The van der Waals surface area contributed by atoms with Gasteiger partial charge >= 0.3 is 0 Å². The third-order valence-electron chi connectivity index (χ3n) is 3.60. The zero-order valence-electron chi connectivity index (χ0n) is 13.0. The molecule has 3 aromatic rings. The van der Waals surface area contributed by atoms with Gasteiger partial charge in [0.1, 0.15) is 18.0 Å². The fourth-order valence-corrected chi connectivity index (χ4v) is 2.40. The van der Waals surface area contributed by atoms with Gasteiger partial charge in [0.25, 0.3) is 0 Å². The van der Waals surface area contributed by atoms with Gasteiger partial charge in [-0.05, 0) is 12.1 Å². The van der Waals surface area contributed by atoms with Crippen molar-refractivity contribution in [2.75, 3.05) is 11.1 Å². The Labute approximate surface area is 138 Å². The molecule has 8 nitrogen and oxygen atoms in total. The summed E-state index contributed by atoms with van der Waals surface area (Å²) in [5, 5.41) is 7.41. The molecule has 0 aliphatic carbocycles. The molecule has 0 saturated heterocycles. The summed E-state index contributed by atoms with van der Waals surface area (Å²) < 4.78 is 13.2. The van der Waals surface area contributed by atoms with E-state index >= 15 is 0 Å². The van der Waals surface area contributed by atoms with E-state index in [0.29, 0.717) is 23.9 Å². The molecule has 1 aliphatic heterocycles. The SMILES string of the molecule is Cn1cc(C2Nc3cc(OCc4ccc(N)cn4)cnc3O2)cn1. The number of nitrogens with two attached hydrogens (primary N) is 1.